The summed E-state index contributed by atoms with van der Waals surface area (Å²) in [6.07, 6.45) is 3.27. The number of aromatic nitrogens is 2. The Bertz CT molecular complexity index is 579. The SMILES string of the molecule is CN(Cc1ncc[nH]1)C(=O)Nc1sccc1C(=O)O. The molecule has 3 N–H and O–H groups in total. The number of carboxylic acid groups (broad SMARTS) is 1. The van der Waals surface area contributed by atoms with Crippen molar-refractivity contribution in [3.8, 4) is 0 Å². The number of imidazole rings is 1. The number of carboxylic acids is 1. The normalized spacial score (nSPS) is 10.2. The van der Waals surface area contributed by atoms with Gasteiger partial charge in [-0.2, -0.15) is 0 Å². The molecule has 0 saturated heterocycles. The predicted octanol–water partition coefficient (Wildman–Crippen LogP) is 1.83. The van der Waals surface area contributed by atoms with Gasteiger partial charge in [0.2, 0.25) is 0 Å². The third kappa shape index (κ3) is 3.10. The molecule has 8 heteroatoms. The van der Waals surface area contributed by atoms with Gasteiger partial charge in [0.05, 0.1) is 12.1 Å². The van der Waals surface area contributed by atoms with Crippen LogP contribution in [0.4, 0.5) is 9.80 Å². The molecule has 2 rings (SSSR count). The average Bonchev–Trinajstić information content (AvgIpc) is 2.99. The largest absolute Gasteiger partial charge is 0.478 e. The monoisotopic (exact) mass is 280 g/mol. The van der Waals surface area contributed by atoms with Gasteiger partial charge in [0.1, 0.15) is 10.8 Å². The number of amides is 2. The highest BCUT2D eigenvalue weighted by molar-refractivity contribution is 7.14. The number of nitrogens with zero attached hydrogens (tertiary/aromatic N) is 2. The van der Waals surface area contributed by atoms with Gasteiger partial charge in [-0.1, -0.05) is 0 Å². The molecule has 0 spiro atoms. The molecule has 0 fully saturated rings. The minimum absolute atomic E-state index is 0.0877. The molecule has 0 aliphatic carbocycles. The maximum atomic E-state index is 11.9. The van der Waals surface area contributed by atoms with Crippen LogP contribution in [0.5, 0.6) is 0 Å². The van der Waals surface area contributed by atoms with Crippen molar-refractivity contribution in [3.05, 3.63) is 35.2 Å². The molecule has 2 aromatic rings. The molecule has 7 nitrogen and oxygen atoms in total. The second-order valence-corrected chi connectivity index (χ2v) is 4.71. The lowest BCUT2D eigenvalue weighted by Gasteiger charge is -2.16. The van der Waals surface area contributed by atoms with E-state index in [1.165, 1.54) is 22.3 Å². The first kappa shape index (κ1) is 13.1. The van der Waals surface area contributed by atoms with Crippen LogP contribution in [0.3, 0.4) is 0 Å². The molecule has 0 bridgehead atoms. The first-order valence-electron chi connectivity index (χ1n) is 5.39. The Balaban J connectivity index is 2.00. The molecule has 0 aromatic carbocycles. The number of aromatic amines is 1. The molecule has 100 valence electrons. The first-order chi connectivity index (χ1) is 9.08. The van der Waals surface area contributed by atoms with Crippen LogP contribution in [0.25, 0.3) is 0 Å². The van der Waals surface area contributed by atoms with Crippen molar-refractivity contribution in [1.82, 2.24) is 14.9 Å². The van der Waals surface area contributed by atoms with E-state index in [1.807, 2.05) is 0 Å². The van der Waals surface area contributed by atoms with Crippen LogP contribution in [-0.2, 0) is 6.54 Å². The molecule has 2 heterocycles. The van der Waals surface area contributed by atoms with Crippen molar-refractivity contribution in [2.24, 2.45) is 0 Å². The van der Waals surface area contributed by atoms with Gasteiger partial charge >= 0.3 is 12.0 Å². The number of nitrogens with one attached hydrogen (secondary N) is 2. The van der Waals surface area contributed by atoms with Crippen molar-refractivity contribution >= 4 is 28.3 Å². The van der Waals surface area contributed by atoms with Gasteiger partial charge in [-0.15, -0.1) is 11.3 Å². The predicted molar refractivity (Wildman–Crippen MR) is 70.4 cm³/mol. The summed E-state index contributed by atoms with van der Waals surface area (Å²) in [7, 11) is 1.60. The second kappa shape index (κ2) is 5.53. The lowest BCUT2D eigenvalue weighted by atomic mass is 10.3. The zero-order chi connectivity index (χ0) is 13.8. The summed E-state index contributed by atoms with van der Waals surface area (Å²) in [4.78, 5) is 31.1. The van der Waals surface area contributed by atoms with Crippen LogP contribution in [-0.4, -0.2) is 39.0 Å². The van der Waals surface area contributed by atoms with E-state index in [-0.39, 0.29) is 11.6 Å². The van der Waals surface area contributed by atoms with E-state index in [2.05, 4.69) is 15.3 Å². The van der Waals surface area contributed by atoms with Gasteiger partial charge in [-0.25, -0.2) is 14.6 Å². The fraction of sp³-hybridized carbons (Fsp3) is 0.182. The summed E-state index contributed by atoms with van der Waals surface area (Å²) in [5.41, 5.74) is 0.0877. The van der Waals surface area contributed by atoms with Gasteiger partial charge in [0.15, 0.2) is 0 Å². The molecule has 0 unspecified atom stereocenters. The molecular weight excluding hydrogens is 268 g/mol. The smallest absolute Gasteiger partial charge is 0.338 e. The van der Waals surface area contributed by atoms with Crippen molar-refractivity contribution in [3.63, 3.8) is 0 Å². The van der Waals surface area contributed by atoms with Crippen LogP contribution in [0.2, 0.25) is 0 Å². The van der Waals surface area contributed by atoms with E-state index >= 15 is 0 Å². The van der Waals surface area contributed by atoms with Gasteiger partial charge in [0, 0.05) is 19.4 Å². The Labute approximate surface area is 112 Å². The Morgan fingerprint density at radius 3 is 3.00 bits per heavy atom. The van der Waals surface area contributed by atoms with E-state index in [4.69, 9.17) is 5.11 Å². The van der Waals surface area contributed by atoms with E-state index in [0.29, 0.717) is 17.4 Å². The van der Waals surface area contributed by atoms with Gasteiger partial charge in [-0.05, 0) is 11.4 Å². The van der Waals surface area contributed by atoms with E-state index in [1.54, 1.807) is 24.8 Å². The fourth-order valence-electron chi connectivity index (χ4n) is 1.45. The molecule has 0 atom stereocenters. The number of hydrogen-bond donors (Lipinski definition) is 3. The summed E-state index contributed by atoms with van der Waals surface area (Å²) >= 11 is 1.17. The average molecular weight is 280 g/mol. The van der Waals surface area contributed by atoms with Crippen LogP contribution < -0.4 is 5.32 Å². The highest BCUT2D eigenvalue weighted by Crippen LogP contribution is 2.23. The molecule has 2 amide bonds. The molecule has 0 aliphatic rings. The minimum Gasteiger partial charge on any atom is -0.478 e. The summed E-state index contributed by atoms with van der Waals surface area (Å²) < 4.78 is 0. The number of carbonyl (C=O) groups excluding carboxylic acids is 1. The van der Waals surface area contributed by atoms with Crippen molar-refractivity contribution in [2.75, 3.05) is 12.4 Å². The molecule has 0 saturated carbocycles. The fourth-order valence-corrected chi connectivity index (χ4v) is 2.22. The van der Waals surface area contributed by atoms with Crippen LogP contribution >= 0.6 is 11.3 Å². The lowest BCUT2D eigenvalue weighted by molar-refractivity contribution is 0.0698. The zero-order valence-corrected chi connectivity index (χ0v) is 10.9. The third-order valence-electron chi connectivity index (χ3n) is 2.40. The summed E-state index contributed by atoms with van der Waals surface area (Å²) in [6.45, 7) is 0.312. The third-order valence-corrected chi connectivity index (χ3v) is 3.23. The number of carbonyl (C=O) groups is 2. The molecule has 0 aliphatic heterocycles. The number of anilines is 1. The van der Waals surface area contributed by atoms with Crippen molar-refractivity contribution < 1.29 is 14.7 Å². The van der Waals surface area contributed by atoms with E-state index < -0.39 is 5.97 Å². The maximum Gasteiger partial charge on any atom is 0.338 e. The summed E-state index contributed by atoms with van der Waals surface area (Å²) in [6, 6.07) is 1.07. The number of rotatable bonds is 4. The van der Waals surface area contributed by atoms with Gasteiger partial charge in [0.25, 0.3) is 0 Å². The highest BCUT2D eigenvalue weighted by atomic mass is 32.1. The number of urea groups is 1. The van der Waals surface area contributed by atoms with Gasteiger partial charge in [-0.3, -0.25) is 5.32 Å². The number of H-pyrrole nitrogens is 1. The van der Waals surface area contributed by atoms with E-state index in [9.17, 15) is 9.59 Å². The highest BCUT2D eigenvalue weighted by Gasteiger charge is 2.16. The van der Waals surface area contributed by atoms with Crippen LogP contribution in [0, 0.1) is 0 Å². The number of aromatic carboxylic acids is 1. The zero-order valence-electron chi connectivity index (χ0n) is 10.1. The minimum atomic E-state index is -1.06. The molecule has 19 heavy (non-hydrogen) atoms. The van der Waals surface area contributed by atoms with Crippen molar-refractivity contribution in [1.29, 1.82) is 0 Å². The molecule has 0 radical (unpaired) electrons. The first-order valence-corrected chi connectivity index (χ1v) is 6.27. The summed E-state index contributed by atoms with van der Waals surface area (Å²) in [5.74, 6) is -0.410. The number of hydrogen-bond acceptors (Lipinski definition) is 4. The van der Waals surface area contributed by atoms with Crippen LogP contribution in [0.1, 0.15) is 16.2 Å². The molecule has 2 aromatic heterocycles. The second-order valence-electron chi connectivity index (χ2n) is 3.79. The Morgan fingerprint density at radius 2 is 2.37 bits per heavy atom. The Morgan fingerprint density at radius 1 is 1.58 bits per heavy atom. The maximum absolute atomic E-state index is 11.9. The summed E-state index contributed by atoms with van der Waals surface area (Å²) in [5, 5.41) is 13.4. The van der Waals surface area contributed by atoms with E-state index in [0.717, 1.165) is 0 Å². The number of thiophene rings is 1. The Hall–Kier alpha value is -2.35. The lowest BCUT2D eigenvalue weighted by Crippen LogP contribution is -2.31. The van der Waals surface area contributed by atoms with Crippen molar-refractivity contribution in [2.45, 2.75) is 6.54 Å². The Kier molecular flexibility index (Phi) is 3.81. The van der Waals surface area contributed by atoms with Gasteiger partial charge < -0.3 is 15.0 Å². The van der Waals surface area contributed by atoms with Crippen LogP contribution in [0.15, 0.2) is 23.8 Å². The topological polar surface area (TPSA) is 98.3 Å². The quantitative estimate of drug-likeness (QED) is 0.795. The molecular formula is C11H12N4O3S. The standard InChI is InChI=1S/C11H12N4O3S/c1-15(6-8-12-3-4-13-8)11(18)14-9-7(10(16)17)2-5-19-9/h2-5H,6H2,1H3,(H,12,13)(H,14,18)(H,16,17).